The first-order valence-electron chi connectivity index (χ1n) is 9.44. The van der Waals surface area contributed by atoms with E-state index >= 15 is 0 Å². The first-order chi connectivity index (χ1) is 13.6. The van der Waals surface area contributed by atoms with Crippen molar-refractivity contribution in [2.24, 2.45) is 0 Å². The number of nitrogens with zero attached hydrogens (tertiary/aromatic N) is 3. The number of halogens is 1. The minimum absolute atomic E-state index is 0.0165. The van der Waals surface area contributed by atoms with E-state index in [9.17, 15) is 14.9 Å². The van der Waals surface area contributed by atoms with E-state index in [1.165, 1.54) is 56.1 Å². The summed E-state index contributed by atoms with van der Waals surface area (Å²) in [6.07, 6.45) is 8.99. The van der Waals surface area contributed by atoms with Crippen LogP contribution < -0.4 is 10.9 Å². The highest BCUT2D eigenvalue weighted by Gasteiger charge is 2.14. The molecule has 8 nitrogen and oxygen atoms in total. The number of non-ortho nitro benzene ring substituents is 1. The van der Waals surface area contributed by atoms with Gasteiger partial charge in [-0.15, -0.1) is 0 Å². The lowest BCUT2D eigenvalue weighted by Crippen LogP contribution is -2.24. The molecule has 1 fully saturated rings. The number of aromatic nitrogens is 2. The maximum absolute atomic E-state index is 12.5. The molecule has 1 aliphatic rings. The number of anilines is 1. The fourth-order valence-electron chi connectivity index (χ4n) is 3.28. The third kappa shape index (κ3) is 5.08. The lowest BCUT2D eigenvalue weighted by Gasteiger charge is -2.16. The van der Waals surface area contributed by atoms with Crippen LogP contribution in [-0.2, 0) is 4.74 Å². The van der Waals surface area contributed by atoms with E-state index in [0.717, 1.165) is 17.5 Å². The molecule has 0 saturated heterocycles. The Labute approximate surface area is 167 Å². The predicted octanol–water partition coefficient (Wildman–Crippen LogP) is 3.95. The second-order valence-corrected chi connectivity index (χ2v) is 7.15. The highest BCUT2D eigenvalue weighted by atomic mass is 35.5. The van der Waals surface area contributed by atoms with Crippen LogP contribution in [0.15, 0.2) is 35.3 Å². The average Bonchev–Trinajstić information content (AvgIpc) is 2.97. The smallest absolute Gasteiger partial charge is 0.292 e. The standard InChI is InChI=1S/C19H23ClN4O4/c20-18-17(21-11-12-28-16-5-3-1-2-4-6-16)13-22-23(19(18)25)14-7-9-15(10-8-14)24(26)27/h7-10,13,16,21H,1-6,11-12H2. The largest absolute Gasteiger partial charge is 0.380 e. The third-order valence-electron chi connectivity index (χ3n) is 4.80. The van der Waals surface area contributed by atoms with Gasteiger partial charge in [0.25, 0.3) is 11.2 Å². The van der Waals surface area contributed by atoms with E-state index in [2.05, 4.69) is 10.4 Å². The Hall–Kier alpha value is -2.45. The summed E-state index contributed by atoms with van der Waals surface area (Å²) in [4.78, 5) is 22.7. The number of nitro groups is 1. The molecule has 0 spiro atoms. The summed E-state index contributed by atoms with van der Waals surface area (Å²) >= 11 is 6.19. The van der Waals surface area contributed by atoms with Gasteiger partial charge in [-0.1, -0.05) is 37.3 Å². The Morgan fingerprint density at radius 3 is 2.54 bits per heavy atom. The molecule has 150 valence electrons. The molecule has 0 bridgehead atoms. The van der Waals surface area contributed by atoms with Crippen LogP contribution >= 0.6 is 11.6 Å². The van der Waals surface area contributed by atoms with Gasteiger partial charge in [-0.25, -0.2) is 0 Å². The van der Waals surface area contributed by atoms with Crippen molar-refractivity contribution in [1.29, 1.82) is 0 Å². The van der Waals surface area contributed by atoms with Crippen LogP contribution in [0.2, 0.25) is 5.02 Å². The molecule has 1 aliphatic carbocycles. The molecule has 0 atom stereocenters. The number of hydrogen-bond acceptors (Lipinski definition) is 6. The van der Waals surface area contributed by atoms with Gasteiger partial charge in [-0.3, -0.25) is 14.9 Å². The molecule has 9 heteroatoms. The van der Waals surface area contributed by atoms with Crippen molar-refractivity contribution in [3.05, 3.63) is 56.0 Å². The first-order valence-corrected chi connectivity index (χ1v) is 9.82. The summed E-state index contributed by atoms with van der Waals surface area (Å²) in [5.74, 6) is 0. The number of ether oxygens (including phenoxy) is 1. The Balaban J connectivity index is 1.60. The summed E-state index contributed by atoms with van der Waals surface area (Å²) < 4.78 is 7.02. The molecule has 1 aromatic heterocycles. The van der Waals surface area contributed by atoms with Crippen LogP contribution in [0.5, 0.6) is 0 Å². The quantitative estimate of drug-likeness (QED) is 0.323. The molecule has 1 saturated carbocycles. The van der Waals surface area contributed by atoms with Crippen molar-refractivity contribution in [3.8, 4) is 5.69 Å². The molecule has 1 N–H and O–H groups in total. The summed E-state index contributed by atoms with van der Waals surface area (Å²) in [5.41, 5.74) is 0.287. The van der Waals surface area contributed by atoms with E-state index in [-0.39, 0.29) is 10.7 Å². The lowest BCUT2D eigenvalue weighted by molar-refractivity contribution is -0.384. The number of benzene rings is 1. The van der Waals surface area contributed by atoms with E-state index in [1.807, 2.05) is 0 Å². The molecule has 0 aliphatic heterocycles. The van der Waals surface area contributed by atoms with Crippen molar-refractivity contribution < 1.29 is 9.66 Å². The SMILES string of the molecule is O=c1c(Cl)c(NCCOC2CCCCCC2)cnn1-c1ccc([N+](=O)[O-])cc1. The molecular formula is C19H23ClN4O4. The summed E-state index contributed by atoms with van der Waals surface area (Å²) in [6.45, 7) is 1.06. The molecule has 1 aromatic carbocycles. The number of rotatable bonds is 7. The number of hydrogen-bond donors (Lipinski definition) is 1. The monoisotopic (exact) mass is 406 g/mol. The zero-order valence-corrected chi connectivity index (χ0v) is 16.2. The molecule has 1 heterocycles. The van der Waals surface area contributed by atoms with E-state index in [0.29, 0.717) is 30.6 Å². The molecule has 28 heavy (non-hydrogen) atoms. The van der Waals surface area contributed by atoms with Crippen molar-refractivity contribution in [3.63, 3.8) is 0 Å². The Kier molecular flexibility index (Phi) is 7.00. The van der Waals surface area contributed by atoms with Gasteiger partial charge in [0.2, 0.25) is 0 Å². The maximum Gasteiger partial charge on any atom is 0.292 e. The minimum atomic E-state index is -0.503. The summed E-state index contributed by atoms with van der Waals surface area (Å²) in [6, 6.07) is 5.54. The molecule has 0 radical (unpaired) electrons. The van der Waals surface area contributed by atoms with Gasteiger partial charge in [-0.05, 0) is 25.0 Å². The second kappa shape index (κ2) is 9.66. The molecule has 0 unspecified atom stereocenters. The van der Waals surface area contributed by atoms with Gasteiger partial charge in [0, 0.05) is 18.7 Å². The van der Waals surface area contributed by atoms with E-state index < -0.39 is 10.5 Å². The number of nitrogens with one attached hydrogen (secondary N) is 1. The highest BCUT2D eigenvalue weighted by Crippen LogP contribution is 2.20. The molecule has 0 amide bonds. The zero-order valence-electron chi connectivity index (χ0n) is 15.5. The molecule has 2 aromatic rings. The lowest BCUT2D eigenvalue weighted by atomic mass is 10.1. The average molecular weight is 407 g/mol. The van der Waals surface area contributed by atoms with Crippen LogP contribution in [0.4, 0.5) is 11.4 Å². The van der Waals surface area contributed by atoms with E-state index in [1.54, 1.807) is 0 Å². The topological polar surface area (TPSA) is 99.3 Å². The predicted molar refractivity (Wildman–Crippen MR) is 107 cm³/mol. The summed E-state index contributed by atoms with van der Waals surface area (Å²) in [7, 11) is 0. The van der Waals surface area contributed by atoms with Gasteiger partial charge in [0.05, 0.1) is 35.2 Å². The minimum Gasteiger partial charge on any atom is -0.380 e. The Morgan fingerprint density at radius 1 is 1.21 bits per heavy atom. The van der Waals surface area contributed by atoms with Crippen LogP contribution in [0.1, 0.15) is 38.5 Å². The summed E-state index contributed by atoms with van der Waals surface area (Å²) in [5, 5.41) is 18.0. The number of nitro benzene ring substituents is 1. The van der Waals surface area contributed by atoms with Gasteiger partial charge >= 0.3 is 0 Å². The van der Waals surface area contributed by atoms with Gasteiger partial charge in [-0.2, -0.15) is 9.78 Å². The van der Waals surface area contributed by atoms with Crippen LogP contribution in [0.25, 0.3) is 5.69 Å². The van der Waals surface area contributed by atoms with Crippen LogP contribution in [0.3, 0.4) is 0 Å². The second-order valence-electron chi connectivity index (χ2n) is 6.77. The Morgan fingerprint density at radius 2 is 1.89 bits per heavy atom. The van der Waals surface area contributed by atoms with Gasteiger partial charge < -0.3 is 10.1 Å². The zero-order chi connectivity index (χ0) is 19.9. The van der Waals surface area contributed by atoms with Crippen LogP contribution in [-0.4, -0.2) is 34.0 Å². The van der Waals surface area contributed by atoms with Crippen molar-refractivity contribution >= 4 is 23.0 Å². The van der Waals surface area contributed by atoms with Crippen molar-refractivity contribution in [1.82, 2.24) is 9.78 Å². The van der Waals surface area contributed by atoms with Gasteiger partial charge in [0.1, 0.15) is 5.02 Å². The highest BCUT2D eigenvalue weighted by molar-refractivity contribution is 6.32. The van der Waals surface area contributed by atoms with E-state index in [4.69, 9.17) is 16.3 Å². The normalized spacial score (nSPS) is 15.2. The first kappa shape index (κ1) is 20.3. The van der Waals surface area contributed by atoms with Crippen molar-refractivity contribution in [2.45, 2.75) is 44.6 Å². The fourth-order valence-corrected chi connectivity index (χ4v) is 3.47. The fraction of sp³-hybridized carbons (Fsp3) is 0.474. The van der Waals surface area contributed by atoms with Crippen molar-refractivity contribution in [2.75, 3.05) is 18.5 Å². The van der Waals surface area contributed by atoms with Gasteiger partial charge in [0.15, 0.2) is 0 Å². The van der Waals surface area contributed by atoms with Crippen LogP contribution in [0, 0.1) is 10.1 Å². The molecular weight excluding hydrogens is 384 g/mol. The third-order valence-corrected chi connectivity index (χ3v) is 5.16. The molecule has 3 rings (SSSR count). The maximum atomic E-state index is 12.5. The Bertz CT molecular complexity index is 861.